The molecule has 0 heterocycles. The fourth-order valence-electron chi connectivity index (χ4n) is 2.96. The highest BCUT2D eigenvalue weighted by molar-refractivity contribution is 8.00. The molecular weight excluding hydrogens is 356 g/mol. The highest BCUT2D eigenvalue weighted by Gasteiger charge is 2.21. The summed E-state index contributed by atoms with van der Waals surface area (Å²) in [6.45, 7) is 1.97. The van der Waals surface area contributed by atoms with Crippen molar-refractivity contribution in [3.8, 4) is 0 Å². The smallest absolute Gasteiger partial charge is 0.316 e. The molecule has 142 valence electrons. The van der Waals surface area contributed by atoms with Crippen LogP contribution in [0.25, 0.3) is 0 Å². The van der Waals surface area contributed by atoms with Gasteiger partial charge in [0.25, 0.3) is 11.6 Å². The zero-order chi connectivity index (χ0) is 18.9. The number of nitrogens with zero attached hydrogens (tertiary/aromatic N) is 1. The molecule has 0 aromatic heterocycles. The Balaban J connectivity index is 2.07. The second kappa shape index (κ2) is 10.2. The molecule has 1 aliphatic rings. The number of carbonyl (C=O) groups is 2. The molecule has 1 amide bonds. The van der Waals surface area contributed by atoms with Crippen LogP contribution in [0.3, 0.4) is 0 Å². The highest BCUT2D eigenvalue weighted by atomic mass is 32.2. The van der Waals surface area contributed by atoms with Crippen molar-refractivity contribution < 1.29 is 19.2 Å². The summed E-state index contributed by atoms with van der Waals surface area (Å²) >= 11 is 1.03. The van der Waals surface area contributed by atoms with Crippen LogP contribution in [0.4, 0.5) is 5.69 Å². The normalized spacial score (nSPS) is 15.1. The number of ether oxygens (including phenoxy) is 1. The molecule has 0 aliphatic heterocycles. The summed E-state index contributed by atoms with van der Waals surface area (Å²) in [5, 5.41) is 14.3. The second-order valence-electron chi connectivity index (χ2n) is 6.20. The van der Waals surface area contributed by atoms with E-state index in [1.165, 1.54) is 25.0 Å². The Morgan fingerprint density at radius 1 is 1.27 bits per heavy atom. The lowest BCUT2D eigenvalue weighted by atomic mass is 10.1. The number of rotatable bonds is 7. The van der Waals surface area contributed by atoms with E-state index in [-0.39, 0.29) is 35.6 Å². The maximum absolute atomic E-state index is 12.4. The fourth-order valence-corrected chi connectivity index (χ4v) is 3.76. The topological polar surface area (TPSA) is 98.5 Å². The number of benzene rings is 1. The van der Waals surface area contributed by atoms with Crippen molar-refractivity contribution in [1.29, 1.82) is 0 Å². The van der Waals surface area contributed by atoms with E-state index in [1.54, 1.807) is 13.0 Å². The predicted molar refractivity (Wildman–Crippen MR) is 99.4 cm³/mol. The number of hydrogen-bond donors (Lipinski definition) is 1. The molecule has 0 atom stereocenters. The molecule has 1 saturated carbocycles. The van der Waals surface area contributed by atoms with E-state index in [0.29, 0.717) is 4.90 Å². The molecule has 0 spiro atoms. The lowest BCUT2D eigenvalue weighted by Crippen LogP contribution is -2.34. The number of thioether (sulfide) groups is 1. The average molecular weight is 380 g/mol. The average Bonchev–Trinajstić information content (AvgIpc) is 2.88. The minimum atomic E-state index is -0.532. The number of amides is 1. The number of nitro groups is 1. The minimum Gasteiger partial charge on any atom is -0.465 e. The Labute approximate surface area is 157 Å². The Hall–Kier alpha value is -2.09. The Bertz CT molecular complexity index is 657. The lowest BCUT2D eigenvalue weighted by Gasteiger charge is -2.16. The van der Waals surface area contributed by atoms with Crippen molar-refractivity contribution in [3.63, 3.8) is 0 Å². The molecule has 0 saturated heterocycles. The van der Waals surface area contributed by atoms with E-state index >= 15 is 0 Å². The maximum atomic E-state index is 12.4. The predicted octanol–water partition coefficient (Wildman–Crippen LogP) is 3.70. The number of esters is 1. The van der Waals surface area contributed by atoms with Gasteiger partial charge in [-0.1, -0.05) is 25.7 Å². The first-order valence-corrected chi connectivity index (χ1v) is 9.87. The first-order chi connectivity index (χ1) is 12.5. The van der Waals surface area contributed by atoms with Crippen molar-refractivity contribution in [2.45, 2.75) is 56.4 Å². The van der Waals surface area contributed by atoms with E-state index in [2.05, 4.69) is 5.32 Å². The summed E-state index contributed by atoms with van der Waals surface area (Å²) in [4.78, 5) is 35.0. The monoisotopic (exact) mass is 380 g/mol. The van der Waals surface area contributed by atoms with Crippen LogP contribution in [0, 0.1) is 10.1 Å². The van der Waals surface area contributed by atoms with Gasteiger partial charge in [-0.15, -0.1) is 11.8 Å². The van der Waals surface area contributed by atoms with Crippen LogP contribution >= 0.6 is 11.8 Å². The molecule has 8 heteroatoms. The van der Waals surface area contributed by atoms with Gasteiger partial charge in [0.05, 0.1) is 22.2 Å². The zero-order valence-electron chi connectivity index (χ0n) is 14.9. The standard InChI is InChI=1S/C18H24N2O5S/c1-2-25-17(21)12-26-16-10-9-13(11-15(16)20(23)24)18(22)19-14-7-5-3-4-6-8-14/h9-11,14H,2-8,12H2,1H3,(H,19,22). The molecule has 26 heavy (non-hydrogen) atoms. The van der Waals surface area contributed by atoms with Gasteiger partial charge < -0.3 is 10.1 Å². The Morgan fingerprint density at radius 2 is 1.96 bits per heavy atom. The summed E-state index contributed by atoms with van der Waals surface area (Å²) in [7, 11) is 0. The molecule has 1 aliphatic carbocycles. The Morgan fingerprint density at radius 3 is 2.58 bits per heavy atom. The van der Waals surface area contributed by atoms with Crippen molar-refractivity contribution in [1.82, 2.24) is 5.32 Å². The fraction of sp³-hybridized carbons (Fsp3) is 0.556. The van der Waals surface area contributed by atoms with E-state index in [0.717, 1.165) is 37.4 Å². The van der Waals surface area contributed by atoms with Crippen molar-refractivity contribution in [2.24, 2.45) is 0 Å². The summed E-state index contributed by atoms with van der Waals surface area (Å²) in [6.07, 6.45) is 6.44. The first-order valence-electron chi connectivity index (χ1n) is 8.89. The Kier molecular flexibility index (Phi) is 7.90. The lowest BCUT2D eigenvalue weighted by molar-refractivity contribution is -0.387. The van der Waals surface area contributed by atoms with Crippen LogP contribution in [-0.2, 0) is 9.53 Å². The number of nitro benzene ring substituents is 1. The number of nitrogens with one attached hydrogen (secondary N) is 1. The van der Waals surface area contributed by atoms with Gasteiger partial charge in [-0.3, -0.25) is 19.7 Å². The number of hydrogen-bond acceptors (Lipinski definition) is 6. The molecule has 1 aromatic rings. The largest absolute Gasteiger partial charge is 0.465 e. The molecule has 2 rings (SSSR count). The molecule has 1 N–H and O–H groups in total. The molecule has 0 bridgehead atoms. The summed E-state index contributed by atoms with van der Waals surface area (Å²) in [5.41, 5.74) is 0.0919. The van der Waals surface area contributed by atoms with Gasteiger partial charge in [-0.2, -0.15) is 0 Å². The molecule has 7 nitrogen and oxygen atoms in total. The molecule has 0 unspecified atom stereocenters. The minimum absolute atomic E-state index is 0.0116. The van der Waals surface area contributed by atoms with Gasteiger partial charge in [0.1, 0.15) is 0 Å². The van der Waals surface area contributed by atoms with E-state index in [4.69, 9.17) is 4.74 Å². The van der Waals surface area contributed by atoms with Gasteiger partial charge in [-0.25, -0.2) is 0 Å². The first kappa shape index (κ1) is 20.2. The zero-order valence-corrected chi connectivity index (χ0v) is 15.7. The van der Waals surface area contributed by atoms with Crippen molar-refractivity contribution >= 4 is 29.3 Å². The van der Waals surface area contributed by atoms with E-state index < -0.39 is 10.9 Å². The summed E-state index contributed by atoms with van der Waals surface area (Å²) in [5.74, 6) is -0.730. The van der Waals surface area contributed by atoms with Crippen LogP contribution in [0.1, 0.15) is 55.8 Å². The molecular formula is C18H24N2O5S. The second-order valence-corrected chi connectivity index (χ2v) is 7.21. The van der Waals surface area contributed by atoms with Crippen molar-refractivity contribution in [2.75, 3.05) is 12.4 Å². The van der Waals surface area contributed by atoms with Gasteiger partial charge in [-0.05, 0) is 31.9 Å². The van der Waals surface area contributed by atoms with Crippen LogP contribution in [0.2, 0.25) is 0 Å². The third-order valence-electron chi connectivity index (χ3n) is 4.26. The molecule has 1 fully saturated rings. The van der Waals surface area contributed by atoms with Gasteiger partial charge in [0.15, 0.2) is 0 Å². The third-order valence-corrected chi connectivity index (χ3v) is 5.30. The van der Waals surface area contributed by atoms with E-state index in [1.807, 2.05) is 0 Å². The van der Waals surface area contributed by atoms with Gasteiger partial charge in [0, 0.05) is 17.7 Å². The van der Waals surface area contributed by atoms with E-state index in [9.17, 15) is 19.7 Å². The van der Waals surface area contributed by atoms with Gasteiger partial charge in [0.2, 0.25) is 0 Å². The highest BCUT2D eigenvalue weighted by Crippen LogP contribution is 2.30. The third kappa shape index (κ3) is 6.01. The van der Waals surface area contributed by atoms with Gasteiger partial charge >= 0.3 is 5.97 Å². The summed E-state index contributed by atoms with van der Waals surface area (Å²) < 4.78 is 4.83. The number of carbonyl (C=O) groups excluding carboxylic acids is 2. The quantitative estimate of drug-likeness (QED) is 0.255. The van der Waals surface area contributed by atoms with Crippen molar-refractivity contribution in [3.05, 3.63) is 33.9 Å². The maximum Gasteiger partial charge on any atom is 0.316 e. The van der Waals surface area contributed by atoms with Crippen LogP contribution in [-0.4, -0.2) is 35.2 Å². The SMILES string of the molecule is CCOC(=O)CSc1ccc(C(=O)NC2CCCCCC2)cc1[N+](=O)[O-]. The van der Waals surface area contributed by atoms with Crippen LogP contribution in [0.15, 0.2) is 23.1 Å². The van der Waals surface area contributed by atoms with Crippen LogP contribution in [0.5, 0.6) is 0 Å². The van der Waals surface area contributed by atoms with Crippen LogP contribution < -0.4 is 5.32 Å². The molecule has 0 radical (unpaired) electrons. The summed E-state index contributed by atoms with van der Waals surface area (Å²) in [6, 6.07) is 4.48. The molecule has 1 aromatic carbocycles.